The molecule has 0 aliphatic heterocycles. The van der Waals surface area contributed by atoms with Crippen molar-refractivity contribution in [3.8, 4) is 5.75 Å². The minimum Gasteiger partial charge on any atom is -0.484 e. The van der Waals surface area contributed by atoms with Gasteiger partial charge in [-0.2, -0.15) is 5.10 Å². The number of amides is 1. The Morgan fingerprint density at radius 1 is 1.50 bits per heavy atom. The molecule has 2 rings (SSSR count). The maximum Gasteiger partial charge on any atom is 0.277 e. The van der Waals surface area contributed by atoms with Crippen LogP contribution in [0.2, 0.25) is 0 Å². The fraction of sp³-hybridized carbons (Fsp3) is 0.143. The molecule has 0 atom stereocenters. The molecule has 6 heteroatoms. The Morgan fingerprint density at radius 2 is 2.35 bits per heavy atom. The number of hydrogen-bond donors (Lipinski definition) is 1. The summed E-state index contributed by atoms with van der Waals surface area (Å²) in [7, 11) is 0. The molecule has 1 aromatic heterocycles. The standard InChI is InChI=1S/C14H13BrN2O2S/c1-10-3-2-4-12(5-10)19-8-14(18)17-16-7-13-6-11(15)9-20-13/h2-7,9H,8H2,1H3,(H,17,18)/b16-7-. The van der Waals surface area contributed by atoms with Gasteiger partial charge in [-0.25, -0.2) is 5.43 Å². The molecule has 0 saturated heterocycles. The molecule has 1 N–H and O–H groups in total. The highest BCUT2D eigenvalue weighted by Crippen LogP contribution is 2.17. The molecular weight excluding hydrogens is 340 g/mol. The highest BCUT2D eigenvalue weighted by atomic mass is 79.9. The lowest BCUT2D eigenvalue weighted by molar-refractivity contribution is -0.123. The van der Waals surface area contributed by atoms with E-state index in [1.54, 1.807) is 6.21 Å². The Bertz CT molecular complexity index is 625. The first-order valence-corrected chi connectivity index (χ1v) is 7.56. The van der Waals surface area contributed by atoms with Gasteiger partial charge >= 0.3 is 0 Å². The number of ether oxygens (including phenoxy) is 1. The molecule has 4 nitrogen and oxygen atoms in total. The highest BCUT2D eigenvalue weighted by molar-refractivity contribution is 9.10. The lowest BCUT2D eigenvalue weighted by atomic mass is 10.2. The molecule has 1 aromatic carbocycles. The number of carbonyl (C=O) groups is 1. The normalized spacial score (nSPS) is 10.7. The lowest BCUT2D eigenvalue weighted by Gasteiger charge is -2.05. The van der Waals surface area contributed by atoms with Gasteiger partial charge in [0.15, 0.2) is 6.61 Å². The van der Waals surface area contributed by atoms with E-state index in [-0.39, 0.29) is 12.5 Å². The second-order valence-electron chi connectivity index (χ2n) is 4.07. The minimum absolute atomic E-state index is 0.0606. The Hall–Kier alpha value is -1.66. The Labute approximate surface area is 129 Å². The maximum atomic E-state index is 11.5. The van der Waals surface area contributed by atoms with Crippen molar-refractivity contribution < 1.29 is 9.53 Å². The molecule has 2 aromatic rings. The fourth-order valence-electron chi connectivity index (χ4n) is 1.45. The molecule has 1 amide bonds. The number of nitrogens with zero attached hydrogens (tertiary/aromatic N) is 1. The van der Waals surface area contributed by atoms with Crippen LogP contribution in [-0.2, 0) is 4.79 Å². The molecule has 0 unspecified atom stereocenters. The zero-order valence-electron chi connectivity index (χ0n) is 10.8. The first-order chi connectivity index (χ1) is 9.63. The summed E-state index contributed by atoms with van der Waals surface area (Å²) in [5.41, 5.74) is 3.51. The predicted octanol–water partition coefficient (Wildman–Crippen LogP) is 3.35. The topological polar surface area (TPSA) is 50.7 Å². The van der Waals surface area contributed by atoms with Gasteiger partial charge in [0.05, 0.1) is 6.21 Å². The van der Waals surface area contributed by atoms with Gasteiger partial charge in [-0.15, -0.1) is 11.3 Å². The summed E-state index contributed by atoms with van der Waals surface area (Å²) < 4.78 is 6.36. The minimum atomic E-state index is -0.293. The number of aryl methyl sites for hydroxylation is 1. The van der Waals surface area contributed by atoms with Crippen molar-refractivity contribution >= 4 is 39.4 Å². The van der Waals surface area contributed by atoms with E-state index in [9.17, 15) is 4.79 Å². The van der Waals surface area contributed by atoms with Crippen molar-refractivity contribution in [2.24, 2.45) is 5.10 Å². The lowest BCUT2D eigenvalue weighted by Crippen LogP contribution is -2.24. The van der Waals surface area contributed by atoms with Crippen LogP contribution in [-0.4, -0.2) is 18.7 Å². The van der Waals surface area contributed by atoms with E-state index < -0.39 is 0 Å². The Balaban J connectivity index is 1.77. The third-order valence-electron chi connectivity index (χ3n) is 2.33. The molecule has 0 fully saturated rings. The van der Waals surface area contributed by atoms with E-state index in [0.717, 1.165) is 14.9 Å². The molecule has 20 heavy (non-hydrogen) atoms. The van der Waals surface area contributed by atoms with E-state index in [1.807, 2.05) is 42.6 Å². The number of thiophene rings is 1. The SMILES string of the molecule is Cc1cccc(OCC(=O)N/N=C\c2cc(Br)cs2)c1. The third kappa shape index (κ3) is 4.79. The van der Waals surface area contributed by atoms with Crippen molar-refractivity contribution in [2.45, 2.75) is 6.92 Å². The van der Waals surface area contributed by atoms with Crippen LogP contribution in [0.25, 0.3) is 0 Å². The summed E-state index contributed by atoms with van der Waals surface area (Å²) in [4.78, 5) is 12.5. The molecule has 0 aliphatic carbocycles. The van der Waals surface area contributed by atoms with Gasteiger partial charge < -0.3 is 4.74 Å². The molecule has 0 spiro atoms. The quantitative estimate of drug-likeness (QED) is 0.662. The third-order valence-corrected chi connectivity index (χ3v) is 3.96. The van der Waals surface area contributed by atoms with Crippen LogP contribution in [0.3, 0.4) is 0 Å². The van der Waals surface area contributed by atoms with Crippen molar-refractivity contribution in [1.82, 2.24) is 5.43 Å². The molecule has 0 radical (unpaired) electrons. The van der Waals surface area contributed by atoms with Crippen molar-refractivity contribution in [1.29, 1.82) is 0 Å². The maximum absolute atomic E-state index is 11.5. The van der Waals surface area contributed by atoms with Gasteiger partial charge in [0.25, 0.3) is 5.91 Å². The summed E-state index contributed by atoms with van der Waals surface area (Å²) in [6, 6.07) is 9.46. The zero-order valence-corrected chi connectivity index (χ0v) is 13.2. The molecule has 0 bridgehead atoms. The Kier molecular flexibility index (Phi) is 5.31. The number of benzene rings is 1. The number of carbonyl (C=O) groups excluding carboxylic acids is 1. The molecule has 0 aliphatic rings. The monoisotopic (exact) mass is 352 g/mol. The van der Waals surface area contributed by atoms with Crippen LogP contribution in [0, 0.1) is 6.92 Å². The largest absolute Gasteiger partial charge is 0.484 e. The van der Waals surface area contributed by atoms with Crippen molar-refractivity contribution in [3.63, 3.8) is 0 Å². The first-order valence-electron chi connectivity index (χ1n) is 5.89. The van der Waals surface area contributed by atoms with Crippen molar-refractivity contribution in [3.05, 3.63) is 50.6 Å². The summed E-state index contributed by atoms with van der Waals surface area (Å²) >= 11 is 4.89. The van der Waals surface area contributed by atoms with Crippen LogP contribution in [0.4, 0.5) is 0 Å². The molecule has 104 valence electrons. The summed E-state index contributed by atoms with van der Waals surface area (Å²) in [5, 5.41) is 5.82. The van der Waals surface area contributed by atoms with Gasteiger partial charge in [0, 0.05) is 14.7 Å². The molecule has 0 saturated carbocycles. The van der Waals surface area contributed by atoms with Gasteiger partial charge in [0.2, 0.25) is 0 Å². The van der Waals surface area contributed by atoms with Gasteiger partial charge in [-0.05, 0) is 46.6 Å². The van der Waals surface area contributed by atoms with E-state index in [1.165, 1.54) is 11.3 Å². The summed E-state index contributed by atoms with van der Waals surface area (Å²) in [6.45, 7) is 1.91. The van der Waals surface area contributed by atoms with Crippen molar-refractivity contribution in [2.75, 3.05) is 6.61 Å². The van der Waals surface area contributed by atoms with E-state index in [0.29, 0.717) is 5.75 Å². The first kappa shape index (κ1) is 14.7. The average molecular weight is 353 g/mol. The Morgan fingerprint density at radius 3 is 3.05 bits per heavy atom. The smallest absolute Gasteiger partial charge is 0.277 e. The van der Waals surface area contributed by atoms with E-state index in [4.69, 9.17) is 4.74 Å². The van der Waals surface area contributed by atoms with Crippen LogP contribution in [0.5, 0.6) is 5.75 Å². The van der Waals surface area contributed by atoms with Crippen LogP contribution in [0.1, 0.15) is 10.4 Å². The van der Waals surface area contributed by atoms with E-state index in [2.05, 4.69) is 26.5 Å². The van der Waals surface area contributed by atoms with Gasteiger partial charge in [-0.3, -0.25) is 4.79 Å². The number of nitrogens with one attached hydrogen (secondary N) is 1. The number of rotatable bonds is 5. The van der Waals surface area contributed by atoms with Gasteiger partial charge in [-0.1, -0.05) is 12.1 Å². The fourth-order valence-corrected chi connectivity index (χ4v) is 2.75. The van der Waals surface area contributed by atoms with Crippen LogP contribution >= 0.6 is 27.3 Å². The number of hydrogen-bond acceptors (Lipinski definition) is 4. The highest BCUT2D eigenvalue weighted by Gasteiger charge is 2.01. The summed E-state index contributed by atoms with van der Waals surface area (Å²) in [6.07, 6.45) is 1.60. The predicted molar refractivity (Wildman–Crippen MR) is 84.4 cm³/mol. The number of hydrazone groups is 1. The average Bonchev–Trinajstić information content (AvgIpc) is 2.82. The van der Waals surface area contributed by atoms with E-state index >= 15 is 0 Å². The second-order valence-corrected chi connectivity index (χ2v) is 5.92. The van der Waals surface area contributed by atoms with Crippen LogP contribution in [0.15, 0.2) is 45.3 Å². The molecule has 1 heterocycles. The summed E-state index contributed by atoms with van der Waals surface area (Å²) in [5.74, 6) is 0.379. The zero-order chi connectivity index (χ0) is 14.4. The molecular formula is C14H13BrN2O2S. The van der Waals surface area contributed by atoms with Gasteiger partial charge in [0.1, 0.15) is 5.75 Å². The van der Waals surface area contributed by atoms with Crippen LogP contribution < -0.4 is 10.2 Å². The second kappa shape index (κ2) is 7.21. The number of halogens is 1.